The maximum Gasteiger partial charge on any atom is 0.248 e. The van der Waals surface area contributed by atoms with Crippen LogP contribution in [0.5, 0.6) is 0 Å². The largest absolute Gasteiger partial charge is 0.323 e. The molecule has 2 aromatic rings. The van der Waals surface area contributed by atoms with Crippen LogP contribution < -0.4 is 5.32 Å². The average molecular weight is 405 g/mol. The molecule has 1 heterocycles. The third kappa shape index (κ3) is 5.19. The lowest BCUT2D eigenvalue weighted by atomic mass is 10.2. The first-order valence-corrected chi connectivity index (χ1v) is 10.6. The van der Waals surface area contributed by atoms with E-state index < -0.39 is 10.0 Å². The van der Waals surface area contributed by atoms with Gasteiger partial charge in [0.15, 0.2) is 0 Å². The van der Waals surface area contributed by atoms with Crippen molar-refractivity contribution in [2.24, 2.45) is 0 Å². The molecule has 0 saturated carbocycles. The number of piperidine rings is 1. The Kier molecular flexibility index (Phi) is 6.31. The molecule has 1 fully saturated rings. The van der Waals surface area contributed by atoms with Gasteiger partial charge in [0.25, 0.3) is 0 Å². The zero-order valence-electron chi connectivity index (χ0n) is 14.8. The highest BCUT2D eigenvalue weighted by molar-refractivity contribution is 7.89. The number of sulfonamides is 1. The SMILES string of the molecule is O=C(/C=C/c1cccc(Cl)c1)Nc1ccc(S(=O)(=O)N2CCCCC2)cc1. The number of benzene rings is 2. The van der Waals surface area contributed by atoms with Crippen LogP contribution in [0.1, 0.15) is 24.8 Å². The summed E-state index contributed by atoms with van der Waals surface area (Å²) in [6.07, 6.45) is 5.93. The second-order valence-corrected chi connectivity index (χ2v) is 8.74. The van der Waals surface area contributed by atoms with E-state index in [-0.39, 0.29) is 10.8 Å². The third-order valence-electron chi connectivity index (χ3n) is 4.35. The minimum absolute atomic E-state index is 0.247. The summed E-state index contributed by atoms with van der Waals surface area (Å²) in [7, 11) is -3.46. The number of nitrogens with zero attached hydrogens (tertiary/aromatic N) is 1. The lowest BCUT2D eigenvalue weighted by Gasteiger charge is -2.25. The Labute approximate surface area is 164 Å². The van der Waals surface area contributed by atoms with Crippen LogP contribution in [0.4, 0.5) is 5.69 Å². The number of anilines is 1. The van der Waals surface area contributed by atoms with E-state index in [0.717, 1.165) is 24.8 Å². The number of carbonyl (C=O) groups excluding carboxylic acids is 1. The van der Waals surface area contributed by atoms with Crippen LogP contribution in [0.2, 0.25) is 5.02 Å². The Morgan fingerprint density at radius 1 is 1.04 bits per heavy atom. The van der Waals surface area contributed by atoms with Gasteiger partial charge >= 0.3 is 0 Å². The summed E-state index contributed by atoms with van der Waals surface area (Å²) in [5.74, 6) is -0.304. The number of amides is 1. The standard InChI is InChI=1S/C20H21ClN2O3S/c21-17-6-4-5-16(15-17)7-12-20(24)22-18-8-10-19(11-9-18)27(25,26)23-13-2-1-3-14-23/h4-12,15H,1-3,13-14H2,(H,22,24)/b12-7+. The molecule has 1 amide bonds. The van der Waals surface area contributed by atoms with Gasteiger partial charge < -0.3 is 5.32 Å². The molecule has 7 heteroatoms. The Morgan fingerprint density at radius 2 is 1.74 bits per heavy atom. The molecular formula is C20H21ClN2O3S. The molecule has 0 aliphatic carbocycles. The van der Waals surface area contributed by atoms with Gasteiger partial charge in [0, 0.05) is 29.9 Å². The second kappa shape index (κ2) is 8.69. The van der Waals surface area contributed by atoms with Crippen molar-refractivity contribution in [1.29, 1.82) is 0 Å². The van der Waals surface area contributed by atoms with E-state index in [4.69, 9.17) is 11.6 Å². The normalized spacial score (nSPS) is 15.7. The van der Waals surface area contributed by atoms with E-state index >= 15 is 0 Å². The Hall–Kier alpha value is -2.15. The van der Waals surface area contributed by atoms with Crippen molar-refractivity contribution < 1.29 is 13.2 Å². The van der Waals surface area contributed by atoms with Crippen LogP contribution in [-0.4, -0.2) is 31.7 Å². The minimum Gasteiger partial charge on any atom is -0.323 e. The quantitative estimate of drug-likeness (QED) is 0.760. The third-order valence-corrected chi connectivity index (χ3v) is 6.50. The molecule has 1 aliphatic rings. The van der Waals surface area contributed by atoms with Crippen LogP contribution in [0, 0.1) is 0 Å². The molecule has 1 N–H and O–H groups in total. The van der Waals surface area contributed by atoms with Gasteiger partial charge in [-0.15, -0.1) is 0 Å². The number of rotatable bonds is 5. The molecule has 0 atom stereocenters. The van der Waals surface area contributed by atoms with E-state index in [1.165, 1.54) is 22.5 Å². The average Bonchev–Trinajstić information content (AvgIpc) is 2.68. The fraction of sp³-hybridized carbons (Fsp3) is 0.250. The molecule has 0 bridgehead atoms. The molecule has 0 radical (unpaired) electrons. The minimum atomic E-state index is -3.46. The van der Waals surface area contributed by atoms with Gasteiger partial charge in [-0.1, -0.05) is 30.2 Å². The maximum absolute atomic E-state index is 12.6. The summed E-state index contributed by atoms with van der Waals surface area (Å²) < 4.78 is 26.8. The molecule has 3 rings (SSSR count). The van der Waals surface area contributed by atoms with Crippen molar-refractivity contribution in [1.82, 2.24) is 4.31 Å². The van der Waals surface area contributed by atoms with Crippen LogP contribution in [-0.2, 0) is 14.8 Å². The Morgan fingerprint density at radius 3 is 2.41 bits per heavy atom. The van der Waals surface area contributed by atoms with E-state index in [1.807, 2.05) is 6.07 Å². The van der Waals surface area contributed by atoms with Crippen molar-refractivity contribution in [3.63, 3.8) is 0 Å². The summed E-state index contributed by atoms with van der Waals surface area (Å²) in [5, 5.41) is 3.32. The molecule has 0 unspecified atom stereocenters. The highest BCUT2D eigenvalue weighted by atomic mass is 35.5. The molecule has 2 aromatic carbocycles. The van der Waals surface area contributed by atoms with Gasteiger partial charge in [0.2, 0.25) is 15.9 Å². The fourth-order valence-corrected chi connectivity index (χ4v) is 4.65. The predicted octanol–water partition coefficient (Wildman–Crippen LogP) is 4.17. The van der Waals surface area contributed by atoms with Gasteiger partial charge in [0.1, 0.15) is 0 Å². The van der Waals surface area contributed by atoms with Gasteiger partial charge in [0.05, 0.1) is 4.90 Å². The monoisotopic (exact) mass is 404 g/mol. The van der Waals surface area contributed by atoms with Crippen molar-refractivity contribution in [2.75, 3.05) is 18.4 Å². The molecule has 0 aromatic heterocycles. The predicted molar refractivity (Wildman–Crippen MR) is 108 cm³/mol. The highest BCUT2D eigenvalue weighted by Crippen LogP contribution is 2.22. The van der Waals surface area contributed by atoms with Crippen molar-refractivity contribution in [2.45, 2.75) is 24.2 Å². The number of nitrogens with one attached hydrogen (secondary N) is 1. The Balaban J connectivity index is 1.64. The smallest absolute Gasteiger partial charge is 0.248 e. The van der Waals surface area contributed by atoms with Gasteiger partial charge in [-0.3, -0.25) is 4.79 Å². The number of hydrogen-bond acceptors (Lipinski definition) is 3. The molecule has 27 heavy (non-hydrogen) atoms. The molecular weight excluding hydrogens is 384 g/mol. The summed E-state index contributed by atoms with van der Waals surface area (Å²) in [5.41, 5.74) is 1.36. The molecule has 1 saturated heterocycles. The molecule has 142 valence electrons. The molecule has 5 nitrogen and oxygen atoms in total. The highest BCUT2D eigenvalue weighted by Gasteiger charge is 2.25. The van der Waals surface area contributed by atoms with E-state index in [9.17, 15) is 13.2 Å². The van der Waals surface area contributed by atoms with Gasteiger partial charge in [-0.05, 0) is 60.9 Å². The van der Waals surface area contributed by atoms with Crippen LogP contribution in [0.15, 0.2) is 59.5 Å². The number of carbonyl (C=O) groups is 1. The first kappa shape index (κ1) is 19.6. The van der Waals surface area contributed by atoms with Crippen molar-refractivity contribution >= 4 is 39.3 Å². The molecule has 1 aliphatic heterocycles. The van der Waals surface area contributed by atoms with Gasteiger partial charge in [-0.25, -0.2) is 8.42 Å². The maximum atomic E-state index is 12.6. The first-order valence-electron chi connectivity index (χ1n) is 8.80. The second-order valence-electron chi connectivity index (χ2n) is 6.37. The van der Waals surface area contributed by atoms with E-state index in [2.05, 4.69) is 5.32 Å². The zero-order valence-corrected chi connectivity index (χ0v) is 16.3. The summed E-state index contributed by atoms with van der Waals surface area (Å²) in [4.78, 5) is 12.3. The van der Waals surface area contributed by atoms with Crippen LogP contribution in [0.25, 0.3) is 6.08 Å². The summed E-state index contributed by atoms with van der Waals surface area (Å²) in [6, 6.07) is 13.4. The summed E-state index contributed by atoms with van der Waals surface area (Å²) in [6.45, 7) is 1.13. The molecule has 0 spiro atoms. The zero-order chi connectivity index (χ0) is 19.3. The lowest BCUT2D eigenvalue weighted by Crippen LogP contribution is -2.35. The lowest BCUT2D eigenvalue weighted by molar-refractivity contribution is -0.111. The van der Waals surface area contributed by atoms with Crippen LogP contribution in [0.3, 0.4) is 0 Å². The summed E-state index contributed by atoms with van der Waals surface area (Å²) >= 11 is 5.91. The number of hydrogen-bond donors (Lipinski definition) is 1. The van der Waals surface area contributed by atoms with E-state index in [0.29, 0.717) is 23.8 Å². The Bertz CT molecular complexity index is 934. The van der Waals surface area contributed by atoms with E-state index in [1.54, 1.807) is 36.4 Å². The first-order chi connectivity index (χ1) is 12.9. The number of halogens is 1. The topological polar surface area (TPSA) is 66.5 Å². The fourth-order valence-electron chi connectivity index (χ4n) is 2.93. The van der Waals surface area contributed by atoms with Crippen molar-refractivity contribution in [3.8, 4) is 0 Å². The van der Waals surface area contributed by atoms with Gasteiger partial charge in [-0.2, -0.15) is 4.31 Å². The van der Waals surface area contributed by atoms with Crippen molar-refractivity contribution in [3.05, 3.63) is 65.2 Å². The van der Waals surface area contributed by atoms with Crippen LogP contribution >= 0.6 is 11.6 Å².